The van der Waals surface area contributed by atoms with Crippen LogP contribution in [0.25, 0.3) is 0 Å². The van der Waals surface area contributed by atoms with Gasteiger partial charge in [-0.2, -0.15) is 0 Å². The van der Waals surface area contributed by atoms with E-state index in [0.717, 1.165) is 73.9 Å². The van der Waals surface area contributed by atoms with E-state index in [1.807, 2.05) is 127 Å². The maximum atomic E-state index is 14.2. The average Bonchev–Trinajstić information content (AvgIpc) is 3.91. The number of esters is 1. The number of methoxy groups -OCH3 is 1. The van der Waals surface area contributed by atoms with E-state index in [-0.39, 0.29) is 54.2 Å². The van der Waals surface area contributed by atoms with Gasteiger partial charge in [-0.25, -0.2) is 9.59 Å². The number of likely N-dealkylation sites (tertiary alicyclic amines) is 2. The van der Waals surface area contributed by atoms with Crippen LogP contribution in [0, 0.1) is 0 Å². The second kappa shape index (κ2) is 24.5. The van der Waals surface area contributed by atoms with Crippen LogP contribution in [0.2, 0.25) is 0 Å². The minimum atomic E-state index is -0.932. The number of carbonyl (C=O) groups is 4. The van der Waals surface area contributed by atoms with Crippen LogP contribution in [0.5, 0.6) is 0 Å². The van der Waals surface area contributed by atoms with Gasteiger partial charge >= 0.3 is 30.8 Å². The molecule has 0 aromatic heterocycles. The van der Waals surface area contributed by atoms with Crippen molar-refractivity contribution in [1.29, 1.82) is 0 Å². The number of hydrogen-bond donors (Lipinski definition) is 1. The van der Waals surface area contributed by atoms with Crippen LogP contribution in [0.1, 0.15) is 83.7 Å². The number of ether oxygens (including phenoxy) is 1. The fourth-order valence-corrected chi connectivity index (χ4v) is 11.2. The Morgan fingerprint density at radius 1 is 0.493 bits per heavy atom. The van der Waals surface area contributed by atoms with Gasteiger partial charge in [-0.15, -0.1) is 0 Å². The molecular weight excluding hydrogens is 884 g/mol. The van der Waals surface area contributed by atoms with E-state index in [4.69, 9.17) is 4.74 Å². The van der Waals surface area contributed by atoms with E-state index in [9.17, 15) is 24.3 Å². The van der Waals surface area contributed by atoms with Crippen molar-refractivity contribution in [1.82, 2.24) is 9.80 Å². The second-order valence-electron chi connectivity index (χ2n) is 18.7. The number of amides is 2. The summed E-state index contributed by atoms with van der Waals surface area (Å²) in [4.78, 5) is 61.7. The Kier molecular flexibility index (Phi) is 18.0. The van der Waals surface area contributed by atoms with Crippen molar-refractivity contribution in [2.45, 2.75) is 87.4 Å². The van der Waals surface area contributed by atoms with Gasteiger partial charge in [0.25, 0.3) is 0 Å². The predicted molar refractivity (Wildman–Crippen MR) is 272 cm³/mol. The number of rotatable bonds is 10. The number of fused-ring (bicyclic) bond motifs is 2. The summed E-state index contributed by atoms with van der Waals surface area (Å²) in [6, 6.07) is 54.6. The van der Waals surface area contributed by atoms with Crippen LogP contribution in [0.3, 0.4) is 0 Å². The van der Waals surface area contributed by atoms with Crippen molar-refractivity contribution in [2.75, 3.05) is 43.1 Å². The largest absolute Gasteiger partial charge is 1.00 e. The summed E-state index contributed by atoms with van der Waals surface area (Å²) in [6.45, 7) is 2.73. The molecule has 0 saturated carbocycles. The molecule has 11 nitrogen and oxygen atoms in total. The molecule has 71 heavy (non-hydrogen) atoms. The Hall–Kier alpha value is -6.64. The van der Waals surface area contributed by atoms with Crippen molar-refractivity contribution in [3.05, 3.63) is 203 Å². The van der Waals surface area contributed by atoms with E-state index < -0.39 is 29.9 Å². The van der Waals surface area contributed by atoms with Gasteiger partial charge in [0.2, 0.25) is 11.8 Å². The Bertz CT molecular complexity index is 2620. The van der Waals surface area contributed by atoms with Crippen molar-refractivity contribution in [3.8, 4) is 0 Å². The molecule has 0 aliphatic carbocycles. The fraction of sp³-hybridized carbons (Fsp3) is 0.322. The van der Waals surface area contributed by atoms with Crippen LogP contribution < -0.4 is 28.7 Å². The normalized spacial score (nSPS) is 19.4. The molecule has 362 valence electrons. The summed E-state index contributed by atoms with van der Waals surface area (Å²) >= 11 is 0. The van der Waals surface area contributed by atoms with Crippen LogP contribution >= 0.6 is 0 Å². The van der Waals surface area contributed by atoms with Gasteiger partial charge in [-0.3, -0.25) is 9.59 Å². The van der Waals surface area contributed by atoms with E-state index in [1.54, 1.807) is 9.80 Å². The molecule has 12 heteroatoms. The van der Waals surface area contributed by atoms with Gasteiger partial charge in [-0.1, -0.05) is 158 Å². The Morgan fingerprint density at radius 3 is 1.20 bits per heavy atom. The number of aliphatic carboxylic acids is 1. The molecule has 0 spiro atoms. The fourth-order valence-electron chi connectivity index (χ4n) is 11.2. The number of anilines is 2. The monoisotopic (exact) mass is 946 g/mol. The molecule has 6 aromatic carbocycles. The van der Waals surface area contributed by atoms with Crippen molar-refractivity contribution < 1.29 is 53.4 Å². The van der Waals surface area contributed by atoms with Crippen LogP contribution in [0.4, 0.5) is 11.4 Å². The zero-order valence-electron chi connectivity index (χ0n) is 40.8. The first kappa shape index (κ1) is 52.2. The van der Waals surface area contributed by atoms with Crippen molar-refractivity contribution in [2.24, 2.45) is 0 Å². The third-order valence-electron chi connectivity index (χ3n) is 14.6. The molecule has 0 bridgehead atoms. The summed E-state index contributed by atoms with van der Waals surface area (Å²) in [5, 5.41) is 10.1. The summed E-state index contributed by atoms with van der Waals surface area (Å²) in [7, 11) is 1.41. The maximum absolute atomic E-state index is 14.2. The van der Waals surface area contributed by atoms with Gasteiger partial charge in [0.1, 0.15) is 12.1 Å². The van der Waals surface area contributed by atoms with E-state index in [2.05, 4.69) is 52.3 Å². The first-order valence-electron chi connectivity index (χ1n) is 24.6. The molecule has 10 rings (SSSR count). The second-order valence-corrected chi connectivity index (χ2v) is 18.7. The van der Waals surface area contributed by atoms with Crippen molar-refractivity contribution in [3.63, 3.8) is 0 Å². The van der Waals surface area contributed by atoms with Gasteiger partial charge in [0, 0.05) is 62.5 Å². The molecule has 2 N–H and O–H groups in total. The zero-order valence-corrected chi connectivity index (χ0v) is 40.8. The molecule has 4 aliphatic rings. The number of aryl methyl sites for hydroxylation is 2. The molecule has 2 amide bonds. The van der Waals surface area contributed by atoms with E-state index >= 15 is 0 Å². The average molecular weight is 947 g/mol. The smallest absolute Gasteiger partial charge is 0.870 e. The Morgan fingerprint density at radius 2 is 0.831 bits per heavy atom. The summed E-state index contributed by atoms with van der Waals surface area (Å²) < 4.78 is 5.18. The predicted octanol–water partition coefficient (Wildman–Crippen LogP) is 6.35. The standard InChI is InChI=1S/C30H32N2O3.C29H30N2O3.Li.H2O/c1-35-30(34)27-20-25(31-19-11-10-13-22-12-8-9-18-26(22)31)21-32(27)29(33)28(23-14-4-2-5-15-23)24-16-6-3-7-17-24;32-28(27(22-13-3-1-4-14-22)23-15-5-2-6-16-23)31-20-24(19-26(31)29(33)34)30-18-10-9-12-21-11-7-8-17-25(21)30;;/h2-9,12,14-18,25,27-28H,10-11,13,19-21H2,1H3;1-8,11,13-17,24,26-27H,9-10,12,18-20H2,(H,33,34);;1H2/q;;+1;/p-1/t25-,27+;24-,26+;;/m11../s1. The Balaban J connectivity index is 0.000000203. The summed E-state index contributed by atoms with van der Waals surface area (Å²) in [5.41, 5.74) is 8.69. The number of nitrogens with zero attached hydrogens (tertiary/aromatic N) is 4. The van der Waals surface area contributed by atoms with E-state index in [0.29, 0.717) is 25.9 Å². The minimum absolute atomic E-state index is 0. The van der Waals surface area contributed by atoms with Gasteiger partial charge < -0.3 is 34.9 Å². The molecule has 0 unspecified atom stereocenters. The number of carboxylic acid groups (broad SMARTS) is 1. The maximum Gasteiger partial charge on any atom is 1.00 e. The van der Waals surface area contributed by atoms with E-state index in [1.165, 1.54) is 29.6 Å². The van der Waals surface area contributed by atoms with Gasteiger partial charge in [-0.05, 0) is 84.0 Å². The van der Waals surface area contributed by atoms with Crippen LogP contribution in [0.15, 0.2) is 170 Å². The topological polar surface area (TPSA) is 141 Å². The molecule has 4 atom stereocenters. The molecular formula is C59H63LiN4O7. The van der Waals surface area contributed by atoms with Gasteiger partial charge in [0.15, 0.2) is 0 Å². The third kappa shape index (κ3) is 11.6. The summed E-state index contributed by atoms with van der Waals surface area (Å²) in [6.07, 6.45) is 7.53. The minimum Gasteiger partial charge on any atom is -0.870 e. The summed E-state index contributed by atoms with van der Waals surface area (Å²) in [5.74, 6) is -2.47. The number of carbonyl (C=O) groups excluding carboxylic acids is 3. The molecule has 2 fully saturated rings. The first-order valence-corrected chi connectivity index (χ1v) is 24.6. The zero-order chi connectivity index (χ0) is 47.7. The molecule has 0 radical (unpaired) electrons. The molecule has 6 aromatic rings. The quantitative estimate of drug-likeness (QED) is 0.123. The third-order valence-corrected chi connectivity index (χ3v) is 14.6. The van der Waals surface area contributed by atoms with Crippen LogP contribution in [-0.4, -0.2) is 102 Å². The number of benzene rings is 6. The molecule has 4 aliphatic heterocycles. The van der Waals surface area contributed by atoms with Crippen LogP contribution in [-0.2, 0) is 36.8 Å². The van der Waals surface area contributed by atoms with Crippen molar-refractivity contribution >= 4 is 35.1 Å². The Labute approximate surface area is 429 Å². The number of para-hydroxylation sites is 2. The number of carboxylic acids is 1. The molecule has 4 heterocycles. The SMILES string of the molecule is COC(=O)[C@@H]1C[C@@H](N2CCCCc3ccccc32)CN1C(=O)C(c1ccccc1)c1ccccc1.O=C(O)[C@@H]1C[C@@H](N2CCCCc3ccccc32)CN1C(=O)C(c1ccccc1)c1ccccc1.[Li+].[OH-]. The number of hydrogen-bond acceptors (Lipinski definition) is 8. The first-order chi connectivity index (χ1) is 33.8. The van der Waals surface area contributed by atoms with Gasteiger partial charge in [0.05, 0.1) is 18.9 Å². The molecule has 2 saturated heterocycles.